The maximum absolute atomic E-state index is 14.1. The number of halogens is 2. The van der Waals surface area contributed by atoms with Crippen molar-refractivity contribution < 1.29 is 4.39 Å². The summed E-state index contributed by atoms with van der Waals surface area (Å²) in [5, 5.41) is 4.73. The van der Waals surface area contributed by atoms with E-state index in [2.05, 4.69) is 12.0 Å². The van der Waals surface area contributed by atoms with E-state index in [-0.39, 0.29) is 5.82 Å². The van der Waals surface area contributed by atoms with Gasteiger partial charge in [0.1, 0.15) is 11.6 Å². The number of nitrogen functional groups attached to an aromatic ring is 1. The zero-order valence-electron chi connectivity index (χ0n) is 11.1. The van der Waals surface area contributed by atoms with Gasteiger partial charge in [0.15, 0.2) is 0 Å². The van der Waals surface area contributed by atoms with Crippen molar-refractivity contribution in [2.24, 2.45) is 7.05 Å². The summed E-state index contributed by atoms with van der Waals surface area (Å²) >= 11 is 6.12. The van der Waals surface area contributed by atoms with E-state index in [1.807, 2.05) is 0 Å². The Balaban J connectivity index is 2.60. The Hall–Kier alpha value is -1.55. The Kier molecular flexibility index (Phi) is 4.10. The van der Waals surface area contributed by atoms with Crippen molar-refractivity contribution >= 4 is 17.4 Å². The highest BCUT2D eigenvalue weighted by Gasteiger charge is 2.20. The molecule has 0 aliphatic heterocycles. The second-order valence-electron chi connectivity index (χ2n) is 4.53. The molecule has 1 heterocycles. The molecule has 0 spiro atoms. The van der Waals surface area contributed by atoms with E-state index >= 15 is 0 Å². The molecule has 102 valence electrons. The SMILES string of the molecule is CCCCc1nn(C)c(N)c1-c1c(F)cccc1Cl. The quantitative estimate of drug-likeness (QED) is 0.926. The second-order valence-corrected chi connectivity index (χ2v) is 4.94. The molecule has 2 rings (SSSR count). The van der Waals surface area contributed by atoms with E-state index in [0.717, 1.165) is 25.0 Å². The molecular weight excluding hydrogens is 265 g/mol. The van der Waals surface area contributed by atoms with Crippen LogP contribution < -0.4 is 5.73 Å². The summed E-state index contributed by atoms with van der Waals surface area (Å²) in [6.07, 6.45) is 2.79. The van der Waals surface area contributed by atoms with E-state index in [1.165, 1.54) is 6.07 Å². The molecule has 3 nitrogen and oxygen atoms in total. The minimum Gasteiger partial charge on any atom is -0.383 e. The van der Waals surface area contributed by atoms with Crippen LogP contribution in [0.3, 0.4) is 0 Å². The highest BCUT2D eigenvalue weighted by Crippen LogP contribution is 2.37. The number of aryl methyl sites for hydroxylation is 2. The van der Waals surface area contributed by atoms with Gasteiger partial charge in [-0.1, -0.05) is 31.0 Å². The predicted molar refractivity (Wildman–Crippen MR) is 76.6 cm³/mol. The molecule has 0 atom stereocenters. The van der Waals surface area contributed by atoms with Crippen LogP contribution in [0.1, 0.15) is 25.5 Å². The molecule has 0 bridgehead atoms. The molecule has 0 unspecified atom stereocenters. The number of benzene rings is 1. The van der Waals surface area contributed by atoms with Gasteiger partial charge in [0.05, 0.1) is 16.3 Å². The number of anilines is 1. The van der Waals surface area contributed by atoms with Crippen LogP contribution in [-0.4, -0.2) is 9.78 Å². The number of hydrogen-bond donors (Lipinski definition) is 1. The fraction of sp³-hybridized carbons (Fsp3) is 0.357. The Labute approximate surface area is 117 Å². The molecule has 0 aliphatic carbocycles. The van der Waals surface area contributed by atoms with Crippen molar-refractivity contribution in [1.82, 2.24) is 9.78 Å². The molecule has 2 aromatic rings. The fourth-order valence-corrected chi connectivity index (χ4v) is 2.38. The maximum Gasteiger partial charge on any atom is 0.132 e. The van der Waals surface area contributed by atoms with Gasteiger partial charge in [-0.3, -0.25) is 4.68 Å². The summed E-state index contributed by atoms with van der Waals surface area (Å²) in [6.45, 7) is 2.10. The first-order valence-corrected chi connectivity index (χ1v) is 6.69. The molecule has 1 aromatic carbocycles. The zero-order chi connectivity index (χ0) is 14.0. The van der Waals surface area contributed by atoms with Gasteiger partial charge in [0, 0.05) is 12.6 Å². The van der Waals surface area contributed by atoms with Gasteiger partial charge in [-0.15, -0.1) is 0 Å². The van der Waals surface area contributed by atoms with Gasteiger partial charge in [-0.2, -0.15) is 5.10 Å². The molecule has 0 saturated heterocycles. The molecule has 1 aromatic heterocycles. The normalized spacial score (nSPS) is 10.9. The van der Waals surface area contributed by atoms with Crippen LogP contribution >= 0.6 is 11.6 Å². The van der Waals surface area contributed by atoms with E-state index in [9.17, 15) is 4.39 Å². The minimum absolute atomic E-state index is 0.348. The molecule has 5 heteroatoms. The summed E-state index contributed by atoms with van der Waals surface area (Å²) in [7, 11) is 1.75. The second kappa shape index (κ2) is 5.61. The van der Waals surface area contributed by atoms with Crippen LogP contribution in [0.25, 0.3) is 11.1 Å². The highest BCUT2D eigenvalue weighted by atomic mass is 35.5. The Bertz CT molecular complexity index is 572. The minimum atomic E-state index is -0.370. The van der Waals surface area contributed by atoms with E-state index in [4.69, 9.17) is 17.3 Å². The average Bonchev–Trinajstić information content (AvgIpc) is 2.64. The summed E-state index contributed by atoms with van der Waals surface area (Å²) in [5.74, 6) is 0.0723. The van der Waals surface area contributed by atoms with Gasteiger partial charge in [0.25, 0.3) is 0 Å². The molecule has 2 N–H and O–H groups in total. The predicted octanol–water partition coefficient (Wildman–Crippen LogP) is 3.80. The Morgan fingerprint density at radius 3 is 2.74 bits per heavy atom. The lowest BCUT2D eigenvalue weighted by Crippen LogP contribution is -1.98. The van der Waals surface area contributed by atoms with Crippen molar-refractivity contribution in [3.8, 4) is 11.1 Å². The van der Waals surface area contributed by atoms with Crippen molar-refractivity contribution in [1.29, 1.82) is 0 Å². The topological polar surface area (TPSA) is 43.8 Å². The van der Waals surface area contributed by atoms with Crippen molar-refractivity contribution in [2.45, 2.75) is 26.2 Å². The van der Waals surface area contributed by atoms with Crippen LogP contribution in [-0.2, 0) is 13.5 Å². The molecule has 0 radical (unpaired) electrons. The highest BCUT2D eigenvalue weighted by molar-refractivity contribution is 6.33. The van der Waals surface area contributed by atoms with Crippen LogP contribution in [0.5, 0.6) is 0 Å². The number of unbranched alkanes of at least 4 members (excludes halogenated alkanes) is 1. The number of nitrogens with two attached hydrogens (primary N) is 1. The Morgan fingerprint density at radius 2 is 2.11 bits per heavy atom. The molecule has 0 saturated carbocycles. The summed E-state index contributed by atoms with van der Waals surface area (Å²) in [4.78, 5) is 0. The number of nitrogens with zero attached hydrogens (tertiary/aromatic N) is 2. The molecule has 19 heavy (non-hydrogen) atoms. The summed E-state index contributed by atoms with van der Waals surface area (Å²) in [6, 6.07) is 4.63. The number of hydrogen-bond acceptors (Lipinski definition) is 2. The average molecular weight is 282 g/mol. The van der Waals surface area contributed by atoms with Gasteiger partial charge in [-0.25, -0.2) is 4.39 Å². The van der Waals surface area contributed by atoms with Crippen molar-refractivity contribution in [3.05, 3.63) is 34.7 Å². The van der Waals surface area contributed by atoms with Crippen LogP contribution in [0, 0.1) is 5.82 Å². The fourth-order valence-electron chi connectivity index (χ4n) is 2.12. The summed E-state index contributed by atoms with van der Waals surface area (Å²) < 4.78 is 15.6. The molecular formula is C14H17ClFN3. The third-order valence-electron chi connectivity index (χ3n) is 3.14. The summed E-state index contributed by atoms with van der Waals surface area (Å²) in [5.41, 5.74) is 7.79. The molecule has 0 fully saturated rings. The lowest BCUT2D eigenvalue weighted by Gasteiger charge is -2.07. The maximum atomic E-state index is 14.1. The van der Waals surface area contributed by atoms with Gasteiger partial charge >= 0.3 is 0 Å². The largest absolute Gasteiger partial charge is 0.383 e. The van der Waals surface area contributed by atoms with Crippen LogP contribution in [0.4, 0.5) is 10.2 Å². The van der Waals surface area contributed by atoms with E-state index < -0.39 is 0 Å². The molecule has 0 aliphatic rings. The third-order valence-corrected chi connectivity index (χ3v) is 3.46. The van der Waals surface area contributed by atoms with Crippen LogP contribution in [0.15, 0.2) is 18.2 Å². The first kappa shape index (κ1) is 13.9. The van der Waals surface area contributed by atoms with Crippen molar-refractivity contribution in [2.75, 3.05) is 5.73 Å². The van der Waals surface area contributed by atoms with Crippen LogP contribution in [0.2, 0.25) is 5.02 Å². The molecule has 0 amide bonds. The zero-order valence-corrected chi connectivity index (χ0v) is 11.8. The number of rotatable bonds is 4. The monoisotopic (exact) mass is 281 g/mol. The standard InChI is InChI=1S/C14H17ClFN3/c1-3-4-8-11-13(14(17)19(2)18-11)12-9(15)6-5-7-10(12)16/h5-7H,3-4,8,17H2,1-2H3. The third kappa shape index (κ3) is 2.59. The number of aromatic nitrogens is 2. The Morgan fingerprint density at radius 1 is 1.37 bits per heavy atom. The van der Waals surface area contributed by atoms with Gasteiger partial charge in [-0.05, 0) is 25.0 Å². The van der Waals surface area contributed by atoms with Crippen molar-refractivity contribution in [3.63, 3.8) is 0 Å². The first-order chi connectivity index (χ1) is 9.06. The van der Waals surface area contributed by atoms with E-state index in [1.54, 1.807) is 23.9 Å². The first-order valence-electron chi connectivity index (χ1n) is 6.32. The smallest absolute Gasteiger partial charge is 0.132 e. The van der Waals surface area contributed by atoms with Gasteiger partial charge < -0.3 is 5.73 Å². The van der Waals surface area contributed by atoms with Gasteiger partial charge in [0.2, 0.25) is 0 Å². The van der Waals surface area contributed by atoms with E-state index in [0.29, 0.717) is 22.0 Å². The lowest BCUT2D eigenvalue weighted by molar-refractivity contribution is 0.631. The lowest BCUT2D eigenvalue weighted by atomic mass is 10.0.